The van der Waals surface area contributed by atoms with E-state index in [9.17, 15) is 9.59 Å². The largest absolute Gasteiger partial charge is 0.497 e. The molecular formula is C19H20N4O4. The molecule has 8 nitrogen and oxygen atoms in total. The van der Waals surface area contributed by atoms with Gasteiger partial charge in [0.15, 0.2) is 0 Å². The maximum absolute atomic E-state index is 12.8. The Bertz CT molecular complexity index is 952. The number of benzene rings is 1. The topological polar surface area (TPSA) is 94.8 Å². The van der Waals surface area contributed by atoms with Gasteiger partial charge in [0.2, 0.25) is 5.78 Å². The first-order valence-corrected chi connectivity index (χ1v) is 8.29. The maximum Gasteiger partial charge on any atom is 0.308 e. The van der Waals surface area contributed by atoms with Gasteiger partial charge in [-0.3, -0.25) is 14.0 Å². The molecule has 8 heteroatoms. The number of carbonyl (C=O) groups is 2. The van der Waals surface area contributed by atoms with Gasteiger partial charge in [-0.1, -0.05) is 12.1 Å². The van der Waals surface area contributed by atoms with Gasteiger partial charge >= 0.3 is 5.97 Å². The smallest absolute Gasteiger partial charge is 0.308 e. The second-order valence-corrected chi connectivity index (χ2v) is 6.22. The summed E-state index contributed by atoms with van der Waals surface area (Å²) in [6.07, 6.45) is 4.89. The molecular weight excluding hydrogens is 348 g/mol. The molecule has 27 heavy (non-hydrogen) atoms. The summed E-state index contributed by atoms with van der Waals surface area (Å²) in [7, 11) is 2.86. The average Bonchev–Trinajstić information content (AvgIpc) is 3.12. The zero-order valence-electron chi connectivity index (χ0n) is 15.3. The van der Waals surface area contributed by atoms with Crippen LogP contribution in [0.4, 0.5) is 0 Å². The highest BCUT2D eigenvalue weighted by Crippen LogP contribution is 2.28. The van der Waals surface area contributed by atoms with Gasteiger partial charge in [0.1, 0.15) is 11.4 Å². The molecule has 1 atom stereocenters. The number of aromatic nitrogens is 3. The lowest BCUT2D eigenvalue weighted by Gasteiger charge is -2.30. The van der Waals surface area contributed by atoms with Gasteiger partial charge in [0, 0.05) is 18.6 Å². The molecule has 0 spiro atoms. The Morgan fingerprint density at radius 1 is 1.26 bits per heavy atom. The molecule has 0 aliphatic heterocycles. The number of methoxy groups -OCH3 is 2. The lowest BCUT2D eigenvalue weighted by Crippen LogP contribution is -2.45. The minimum atomic E-state index is -1.01. The monoisotopic (exact) mass is 368 g/mol. The normalized spacial score (nSPS) is 13.0. The molecule has 1 aromatic carbocycles. The fourth-order valence-electron chi connectivity index (χ4n) is 2.80. The molecule has 1 unspecified atom stereocenters. The maximum atomic E-state index is 12.8. The third-order valence-electron chi connectivity index (χ3n) is 4.29. The SMILES string of the molecule is COC(=O)CC(C)(NC(=O)c1cn2cccnc2n1)c1cccc(OC)c1. The molecule has 0 saturated carbocycles. The Morgan fingerprint density at radius 2 is 2.07 bits per heavy atom. The second-order valence-electron chi connectivity index (χ2n) is 6.22. The summed E-state index contributed by atoms with van der Waals surface area (Å²) in [6, 6.07) is 8.92. The molecule has 1 N–H and O–H groups in total. The van der Waals surface area contributed by atoms with Crippen molar-refractivity contribution < 1.29 is 19.1 Å². The van der Waals surface area contributed by atoms with Crippen LogP contribution in [0.15, 0.2) is 48.9 Å². The minimum Gasteiger partial charge on any atom is -0.497 e. The van der Waals surface area contributed by atoms with Crippen molar-refractivity contribution >= 4 is 17.7 Å². The molecule has 0 aliphatic rings. The molecule has 3 rings (SSSR count). The number of hydrogen-bond acceptors (Lipinski definition) is 6. The van der Waals surface area contributed by atoms with Crippen molar-refractivity contribution in [3.63, 3.8) is 0 Å². The first-order valence-electron chi connectivity index (χ1n) is 8.29. The molecule has 140 valence electrons. The number of nitrogens with one attached hydrogen (secondary N) is 1. The van der Waals surface area contributed by atoms with Crippen molar-refractivity contribution in [3.05, 3.63) is 60.2 Å². The molecule has 0 aliphatic carbocycles. The van der Waals surface area contributed by atoms with Crippen LogP contribution >= 0.6 is 0 Å². The number of carbonyl (C=O) groups excluding carboxylic acids is 2. The number of imidazole rings is 1. The highest BCUT2D eigenvalue weighted by atomic mass is 16.5. The number of fused-ring (bicyclic) bond motifs is 1. The van der Waals surface area contributed by atoms with Gasteiger partial charge in [0.25, 0.3) is 5.91 Å². The number of ether oxygens (including phenoxy) is 2. The summed E-state index contributed by atoms with van der Waals surface area (Å²) >= 11 is 0. The van der Waals surface area contributed by atoms with Crippen molar-refractivity contribution in [1.29, 1.82) is 0 Å². The fourth-order valence-corrected chi connectivity index (χ4v) is 2.80. The number of rotatable bonds is 6. The van der Waals surface area contributed by atoms with Gasteiger partial charge in [0.05, 0.1) is 26.2 Å². The van der Waals surface area contributed by atoms with E-state index in [1.54, 1.807) is 61.3 Å². The predicted molar refractivity (Wildman–Crippen MR) is 97.4 cm³/mol. The molecule has 0 bridgehead atoms. The Morgan fingerprint density at radius 3 is 2.78 bits per heavy atom. The third kappa shape index (κ3) is 3.89. The Hall–Kier alpha value is -3.42. The van der Waals surface area contributed by atoms with E-state index in [2.05, 4.69) is 15.3 Å². The molecule has 2 heterocycles. The van der Waals surface area contributed by atoms with Crippen molar-refractivity contribution in [3.8, 4) is 5.75 Å². The van der Waals surface area contributed by atoms with Crippen molar-refractivity contribution in [1.82, 2.24) is 19.7 Å². The summed E-state index contributed by atoms with van der Waals surface area (Å²) in [5.41, 5.74) is -0.0998. The number of nitrogens with zero attached hydrogens (tertiary/aromatic N) is 3. The van der Waals surface area contributed by atoms with E-state index in [-0.39, 0.29) is 12.1 Å². The minimum absolute atomic E-state index is 0.0476. The first-order chi connectivity index (χ1) is 12.9. The summed E-state index contributed by atoms with van der Waals surface area (Å²) < 4.78 is 11.7. The zero-order chi connectivity index (χ0) is 19.4. The highest BCUT2D eigenvalue weighted by Gasteiger charge is 2.33. The molecule has 0 fully saturated rings. The van der Waals surface area contributed by atoms with Crippen LogP contribution in [0.25, 0.3) is 5.78 Å². The Balaban J connectivity index is 1.94. The van der Waals surface area contributed by atoms with E-state index in [4.69, 9.17) is 9.47 Å². The van der Waals surface area contributed by atoms with Gasteiger partial charge in [-0.15, -0.1) is 0 Å². The quantitative estimate of drug-likeness (QED) is 0.668. The molecule has 3 aromatic rings. The lowest BCUT2D eigenvalue weighted by molar-refractivity contribution is -0.142. The number of amides is 1. The summed E-state index contributed by atoms with van der Waals surface area (Å²) in [6.45, 7) is 1.75. The van der Waals surface area contributed by atoms with E-state index in [1.165, 1.54) is 7.11 Å². The van der Waals surface area contributed by atoms with Crippen LogP contribution in [-0.2, 0) is 15.1 Å². The lowest BCUT2D eigenvalue weighted by atomic mass is 9.88. The first kappa shape index (κ1) is 18.4. The molecule has 2 aromatic heterocycles. The third-order valence-corrected chi connectivity index (χ3v) is 4.29. The molecule has 0 radical (unpaired) electrons. The van der Waals surface area contributed by atoms with E-state index in [0.717, 1.165) is 0 Å². The van der Waals surface area contributed by atoms with Crippen LogP contribution in [0.2, 0.25) is 0 Å². The van der Waals surface area contributed by atoms with E-state index in [1.807, 2.05) is 6.07 Å². The predicted octanol–water partition coefficient (Wildman–Crippen LogP) is 1.95. The van der Waals surface area contributed by atoms with Crippen LogP contribution in [0.1, 0.15) is 29.4 Å². The van der Waals surface area contributed by atoms with Crippen LogP contribution < -0.4 is 10.1 Å². The zero-order valence-corrected chi connectivity index (χ0v) is 15.3. The van der Waals surface area contributed by atoms with Crippen LogP contribution in [0.3, 0.4) is 0 Å². The highest BCUT2D eigenvalue weighted by molar-refractivity contribution is 5.93. The van der Waals surface area contributed by atoms with Crippen molar-refractivity contribution in [2.45, 2.75) is 18.9 Å². The Kier molecular flexibility index (Phi) is 5.07. The second kappa shape index (κ2) is 7.45. The number of esters is 1. The summed E-state index contributed by atoms with van der Waals surface area (Å²) in [5.74, 6) is 0.167. The van der Waals surface area contributed by atoms with Crippen LogP contribution in [0.5, 0.6) is 5.75 Å². The van der Waals surface area contributed by atoms with Crippen LogP contribution in [0, 0.1) is 0 Å². The fraction of sp³-hybridized carbons (Fsp3) is 0.263. The molecule has 0 saturated heterocycles. The number of hydrogen-bond donors (Lipinski definition) is 1. The van der Waals surface area contributed by atoms with E-state index >= 15 is 0 Å². The van der Waals surface area contributed by atoms with Gasteiger partial charge in [-0.25, -0.2) is 9.97 Å². The summed E-state index contributed by atoms with van der Waals surface area (Å²) in [4.78, 5) is 33.1. The van der Waals surface area contributed by atoms with E-state index in [0.29, 0.717) is 17.1 Å². The van der Waals surface area contributed by atoms with Crippen molar-refractivity contribution in [2.75, 3.05) is 14.2 Å². The van der Waals surface area contributed by atoms with Crippen LogP contribution in [-0.4, -0.2) is 40.5 Å². The van der Waals surface area contributed by atoms with E-state index < -0.39 is 17.4 Å². The Labute approximate surface area is 156 Å². The van der Waals surface area contributed by atoms with Crippen molar-refractivity contribution in [2.24, 2.45) is 0 Å². The van der Waals surface area contributed by atoms with Gasteiger partial charge in [-0.2, -0.15) is 0 Å². The summed E-state index contributed by atoms with van der Waals surface area (Å²) in [5, 5.41) is 2.90. The van der Waals surface area contributed by atoms with Gasteiger partial charge < -0.3 is 14.8 Å². The standard InChI is InChI=1S/C19H20N4O4/c1-19(11-16(24)27-3,13-6-4-7-14(10-13)26-2)22-17(25)15-12-23-9-5-8-20-18(23)21-15/h4-10,12H,11H2,1-3H3,(H,22,25). The average molecular weight is 368 g/mol. The molecule has 1 amide bonds. The van der Waals surface area contributed by atoms with Gasteiger partial charge in [-0.05, 0) is 30.7 Å².